The van der Waals surface area contributed by atoms with Crippen LogP contribution >= 0.6 is 0 Å². The Morgan fingerprint density at radius 1 is 1.20 bits per heavy atom. The lowest BCUT2D eigenvalue weighted by atomic mass is 10.1. The summed E-state index contributed by atoms with van der Waals surface area (Å²) in [6.45, 7) is 4.36. The number of nitrogens with zero attached hydrogens (tertiary/aromatic N) is 2. The molecule has 0 heterocycles. The second kappa shape index (κ2) is 9.70. The first-order valence-corrected chi connectivity index (χ1v) is 11.4. The number of sulfonamides is 1. The standard InChI is InChI=1S/C23H25N3O3S/c1-2-14-26(17-19-12-10-18(16-24)11-13-19)23(27)20-6-5-9-22(15-20)30(28,29)25-21-7-3-4-8-21/h2,5-6,9-13,15,21,25H,1,3-4,7-8,14,17H2. The van der Waals surface area contributed by atoms with Crippen molar-refractivity contribution < 1.29 is 13.2 Å². The Hall–Kier alpha value is -2.95. The molecule has 1 aliphatic rings. The van der Waals surface area contributed by atoms with Gasteiger partial charge in [-0.25, -0.2) is 13.1 Å². The van der Waals surface area contributed by atoms with Crippen molar-refractivity contribution in [1.82, 2.24) is 9.62 Å². The van der Waals surface area contributed by atoms with Crippen molar-refractivity contribution in [2.75, 3.05) is 6.54 Å². The zero-order valence-corrected chi connectivity index (χ0v) is 17.6. The van der Waals surface area contributed by atoms with Gasteiger partial charge in [-0.1, -0.05) is 37.1 Å². The van der Waals surface area contributed by atoms with Gasteiger partial charge in [-0.05, 0) is 48.7 Å². The van der Waals surface area contributed by atoms with Crippen LogP contribution in [0.25, 0.3) is 0 Å². The molecule has 156 valence electrons. The molecule has 6 nitrogen and oxygen atoms in total. The minimum absolute atomic E-state index is 0.0389. The van der Waals surface area contributed by atoms with Crippen molar-refractivity contribution in [2.45, 2.75) is 43.2 Å². The van der Waals surface area contributed by atoms with Crippen LogP contribution in [-0.2, 0) is 16.6 Å². The maximum Gasteiger partial charge on any atom is 0.254 e. The molecule has 3 rings (SSSR count). The fourth-order valence-corrected chi connectivity index (χ4v) is 4.94. The zero-order valence-electron chi connectivity index (χ0n) is 16.8. The van der Waals surface area contributed by atoms with Crippen LogP contribution in [0.3, 0.4) is 0 Å². The van der Waals surface area contributed by atoms with Crippen molar-refractivity contribution in [3.05, 3.63) is 77.9 Å². The molecule has 0 unspecified atom stereocenters. The van der Waals surface area contributed by atoms with Crippen molar-refractivity contribution in [1.29, 1.82) is 5.26 Å². The number of nitriles is 1. The molecule has 0 spiro atoms. The summed E-state index contributed by atoms with van der Waals surface area (Å²) in [5.41, 5.74) is 1.73. The monoisotopic (exact) mass is 423 g/mol. The summed E-state index contributed by atoms with van der Waals surface area (Å²) in [6.07, 6.45) is 5.37. The first-order valence-electron chi connectivity index (χ1n) is 9.94. The number of carbonyl (C=O) groups excluding carboxylic acids is 1. The van der Waals surface area contributed by atoms with Gasteiger partial charge >= 0.3 is 0 Å². The maximum absolute atomic E-state index is 13.1. The number of hydrogen-bond acceptors (Lipinski definition) is 4. The van der Waals surface area contributed by atoms with E-state index in [1.54, 1.807) is 47.4 Å². The van der Waals surface area contributed by atoms with E-state index in [4.69, 9.17) is 5.26 Å². The summed E-state index contributed by atoms with van der Waals surface area (Å²) in [6, 6.07) is 15.2. The van der Waals surface area contributed by atoms with Crippen LogP contribution in [0.4, 0.5) is 0 Å². The highest BCUT2D eigenvalue weighted by Gasteiger charge is 2.24. The van der Waals surface area contributed by atoms with Crippen molar-refractivity contribution >= 4 is 15.9 Å². The van der Waals surface area contributed by atoms with Gasteiger partial charge in [-0.3, -0.25) is 4.79 Å². The van der Waals surface area contributed by atoms with E-state index < -0.39 is 10.0 Å². The second-order valence-electron chi connectivity index (χ2n) is 7.41. The van der Waals surface area contributed by atoms with E-state index >= 15 is 0 Å². The van der Waals surface area contributed by atoms with Crippen LogP contribution in [0, 0.1) is 11.3 Å². The maximum atomic E-state index is 13.1. The number of rotatable bonds is 8. The van der Waals surface area contributed by atoms with Crippen molar-refractivity contribution in [3.8, 4) is 6.07 Å². The molecule has 1 saturated carbocycles. The van der Waals surface area contributed by atoms with Gasteiger partial charge in [-0.15, -0.1) is 6.58 Å². The van der Waals surface area contributed by atoms with Gasteiger partial charge in [0.2, 0.25) is 10.0 Å². The molecule has 1 N–H and O–H groups in total. The van der Waals surface area contributed by atoms with Gasteiger partial charge < -0.3 is 4.90 Å². The molecule has 0 bridgehead atoms. The third-order valence-corrected chi connectivity index (χ3v) is 6.68. The smallest absolute Gasteiger partial charge is 0.254 e. The van der Waals surface area contributed by atoms with Crippen molar-refractivity contribution in [3.63, 3.8) is 0 Å². The molecule has 30 heavy (non-hydrogen) atoms. The molecule has 0 radical (unpaired) electrons. The minimum Gasteiger partial charge on any atom is -0.331 e. The Kier molecular flexibility index (Phi) is 7.03. The summed E-state index contributed by atoms with van der Waals surface area (Å²) in [7, 11) is -3.68. The third-order valence-electron chi connectivity index (χ3n) is 5.16. The highest BCUT2D eigenvalue weighted by Crippen LogP contribution is 2.21. The Morgan fingerprint density at radius 3 is 2.53 bits per heavy atom. The molecule has 1 fully saturated rings. The van der Waals surface area contributed by atoms with Crippen molar-refractivity contribution in [2.24, 2.45) is 0 Å². The molecule has 1 aliphatic carbocycles. The van der Waals surface area contributed by atoms with Crippen LogP contribution in [0.2, 0.25) is 0 Å². The van der Waals surface area contributed by atoms with E-state index in [1.165, 1.54) is 12.1 Å². The third kappa shape index (κ3) is 5.35. The predicted molar refractivity (Wildman–Crippen MR) is 115 cm³/mol. The molecular weight excluding hydrogens is 398 g/mol. The summed E-state index contributed by atoms with van der Waals surface area (Å²) < 4.78 is 28.2. The molecular formula is C23H25N3O3S. The zero-order chi connectivity index (χ0) is 21.6. The summed E-state index contributed by atoms with van der Waals surface area (Å²) >= 11 is 0. The molecule has 0 atom stereocenters. The Labute approximate surface area is 177 Å². The van der Waals surface area contributed by atoms with E-state index in [9.17, 15) is 13.2 Å². The van der Waals surface area contributed by atoms with Crippen LogP contribution in [0.5, 0.6) is 0 Å². The summed E-state index contributed by atoms with van der Waals surface area (Å²) in [4.78, 5) is 14.8. The SMILES string of the molecule is C=CCN(Cc1ccc(C#N)cc1)C(=O)c1cccc(S(=O)(=O)NC2CCCC2)c1. The molecule has 1 amide bonds. The lowest BCUT2D eigenvalue weighted by molar-refractivity contribution is 0.0762. The molecule has 0 saturated heterocycles. The Bertz CT molecular complexity index is 1050. The normalized spacial score (nSPS) is 14.2. The fraction of sp³-hybridized carbons (Fsp3) is 0.304. The topological polar surface area (TPSA) is 90.3 Å². The molecule has 0 aliphatic heterocycles. The van der Waals surface area contributed by atoms with E-state index in [2.05, 4.69) is 17.4 Å². The van der Waals surface area contributed by atoms with Gasteiger partial charge in [0.1, 0.15) is 0 Å². The van der Waals surface area contributed by atoms with Crippen LogP contribution in [0.1, 0.15) is 47.2 Å². The van der Waals surface area contributed by atoms with E-state index in [0.717, 1.165) is 31.2 Å². The largest absolute Gasteiger partial charge is 0.331 e. The molecule has 7 heteroatoms. The number of nitrogens with one attached hydrogen (secondary N) is 1. The lowest BCUT2D eigenvalue weighted by Gasteiger charge is -2.22. The first kappa shape index (κ1) is 21.8. The van der Waals surface area contributed by atoms with E-state index in [0.29, 0.717) is 24.2 Å². The molecule has 2 aromatic rings. The summed E-state index contributed by atoms with van der Waals surface area (Å²) in [5, 5.41) is 8.93. The average molecular weight is 424 g/mol. The first-order chi connectivity index (χ1) is 14.4. The number of amides is 1. The average Bonchev–Trinajstić information content (AvgIpc) is 3.26. The van der Waals surface area contributed by atoms with Gasteiger partial charge in [0, 0.05) is 24.7 Å². The van der Waals surface area contributed by atoms with Gasteiger partial charge in [0.05, 0.1) is 16.5 Å². The molecule has 0 aromatic heterocycles. The highest BCUT2D eigenvalue weighted by molar-refractivity contribution is 7.89. The predicted octanol–water partition coefficient (Wildman–Crippen LogP) is 3.61. The number of benzene rings is 2. The van der Waals surface area contributed by atoms with Crippen LogP contribution in [0.15, 0.2) is 66.1 Å². The fourth-order valence-electron chi connectivity index (χ4n) is 3.59. The van der Waals surface area contributed by atoms with Gasteiger partial charge in [0.15, 0.2) is 0 Å². The lowest BCUT2D eigenvalue weighted by Crippen LogP contribution is -2.33. The highest BCUT2D eigenvalue weighted by atomic mass is 32.2. The Balaban J connectivity index is 1.79. The van der Waals surface area contributed by atoms with E-state index in [-0.39, 0.29) is 16.8 Å². The second-order valence-corrected chi connectivity index (χ2v) is 9.13. The van der Waals surface area contributed by atoms with Gasteiger partial charge in [0.25, 0.3) is 5.91 Å². The minimum atomic E-state index is -3.68. The van der Waals surface area contributed by atoms with E-state index in [1.807, 2.05) is 0 Å². The van der Waals surface area contributed by atoms with Crippen LogP contribution in [-0.4, -0.2) is 31.8 Å². The van der Waals surface area contributed by atoms with Crippen LogP contribution < -0.4 is 4.72 Å². The quantitative estimate of drug-likeness (QED) is 0.657. The number of hydrogen-bond donors (Lipinski definition) is 1. The van der Waals surface area contributed by atoms with Gasteiger partial charge in [-0.2, -0.15) is 5.26 Å². The summed E-state index contributed by atoms with van der Waals surface area (Å²) in [5.74, 6) is -0.280. The Morgan fingerprint density at radius 2 is 1.90 bits per heavy atom. The molecule has 2 aromatic carbocycles. The number of carbonyl (C=O) groups is 1.